The molecule has 1 fully saturated rings. The minimum atomic E-state index is -2.88. The summed E-state index contributed by atoms with van der Waals surface area (Å²) >= 11 is 4.44. The molecule has 0 radical (unpaired) electrons. The normalized spacial score (nSPS) is 23.0. The molecule has 0 saturated carbocycles. The Morgan fingerprint density at radius 2 is 2.27 bits per heavy atom. The number of nitrogens with zero attached hydrogens (tertiary/aromatic N) is 1. The lowest BCUT2D eigenvalue weighted by atomic mass is 9.98. The van der Waals surface area contributed by atoms with Crippen LogP contribution in [0.1, 0.15) is 34.5 Å². The highest BCUT2D eigenvalue weighted by molar-refractivity contribution is 9.11. The molecule has 2 atom stereocenters. The lowest BCUT2D eigenvalue weighted by Crippen LogP contribution is -2.52. The van der Waals surface area contributed by atoms with E-state index in [2.05, 4.69) is 15.9 Å². The van der Waals surface area contributed by atoms with Gasteiger partial charge in [0.2, 0.25) is 0 Å². The van der Waals surface area contributed by atoms with Crippen LogP contribution >= 0.6 is 39.7 Å². The molecule has 3 heterocycles. The summed E-state index contributed by atoms with van der Waals surface area (Å²) in [6, 6.07) is -0.397. The molecule has 0 aromatic carbocycles. The number of halogens is 4. The number of alkyl halides is 2. The lowest BCUT2D eigenvalue weighted by Gasteiger charge is -2.38. The van der Waals surface area contributed by atoms with Gasteiger partial charge in [0.05, 0.1) is 29.2 Å². The predicted octanol–water partition coefficient (Wildman–Crippen LogP) is 3.61. The molecule has 26 heavy (non-hydrogen) atoms. The Morgan fingerprint density at radius 1 is 1.54 bits per heavy atom. The molecule has 0 amide bonds. The zero-order chi connectivity index (χ0) is 18.2. The van der Waals surface area contributed by atoms with Gasteiger partial charge in [-0.1, -0.05) is 0 Å². The van der Waals surface area contributed by atoms with Crippen molar-refractivity contribution in [1.29, 1.82) is 0 Å². The molecule has 3 rings (SSSR count). The monoisotopic (exact) mass is 474 g/mol. The third-order valence-electron chi connectivity index (χ3n) is 4.60. The Bertz CT molecular complexity index is 656. The molecule has 0 aliphatic carbocycles. The molecule has 2 aliphatic rings. The molecule has 2 N–H and O–H groups in total. The van der Waals surface area contributed by atoms with Crippen LogP contribution in [0, 0.1) is 0 Å². The van der Waals surface area contributed by atoms with Crippen molar-refractivity contribution in [1.82, 2.24) is 0 Å². The fourth-order valence-electron chi connectivity index (χ4n) is 3.45. The van der Waals surface area contributed by atoms with Crippen molar-refractivity contribution >= 4 is 51.3 Å². The summed E-state index contributed by atoms with van der Waals surface area (Å²) in [5, 5.41) is 0. The topological polar surface area (TPSA) is 64.8 Å². The maximum absolute atomic E-state index is 14.3. The second kappa shape index (κ2) is 8.68. The van der Waals surface area contributed by atoms with Crippen molar-refractivity contribution in [2.24, 2.45) is 5.73 Å². The summed E-state index contributed by atoms with van der Waals surface area (Å²) in [6.45, 7) is 0.394. The summed E-state index contributed by atoms with van der Waals surface area (Å²) in [4.78, 5) is 13.9. The number of carbonyl (C=O) groups excluding carboxylic acids is 1. The molecular formula is C16H22BrClF2N2O3S. The minimum Gasteiger partial charge on any atom is -0.465 e. The molecule has 1 aromatic rings. The Kier molecular flexibility index (Phi) is 7.29. The van der Waals surface area contributed by atoms with Gasteiger partial charge in [0.1, 0.15) is 4.88 Å². The van der Waals surface area contributed by atoms with Crippen LogP contribution in [0.4, 0.5) is 14.5 Å². The van der Waals surface area contributed by atoms with E-state index < -0.39 is 30.9 Å². The summed E-state index contributed by atoms with van der Waals surface area (Å²) < 4.78 is 39.5. The molecule has 1 unspecified atom stereocenters. The number of fused-ring (bicyclic) bond motifs is 1. The van der Waals surface area contributed by atoms with Gasteiger partial charge in [0.25, 0.3) is 5.92 Å². The van der Waals surface area contributed by atoms with Gasteiger partial charge in [-0.05, 0) is 35.2 Å². The van der Waals surface area contributed by atoms with E-state index in [1.165, 1.54) is 12.0 Å². The van der Waals surface area contributed by atoms with Crippen LogP contribution in [0.15, 0.2) is 3.79 Å². The van der Waals surface area contributed by atoms with Gasteiger partial charge in [-0.25, -0.2) is 13.6 Å². The molecule has 5 nitrogen and oxygen atoms in total. The zero-order valence-corrected chi connectivity index (χ0v) is 17.5. The first-order valence-electron chi connectivity index (χ1n) is 8.22. The van der Waals surface area contributed by atoms with Crippen LogP contribution in [0.3, 0.4) is 0 Å². The van der Waals surface area contributed by atoms with E-state index in [-0.39, 0.29) is 25.1 Å². The third-order valence-corrected chi connectivity index (χ3v) is 6.55. The molecule has 0 spiro atoms. The number of hydrogen-bond acceptors (Lipinski definition) is 6. The van der Waals surface area contributed by atoms with Crippen LogP contribution in [0.25, 0.3) is 0 Å². The maximum atomic E-state index is 14.3. The first-order valence-corrected chi connectivity index (χ1v) is 9.83. The highest BCUT2D eigenvalue weighted by Crippen LogP contribution is 2.46. The van der Waals surface area contributed by atoms with E-state index in [1.54, 1.807) is 0 Å². The number of carbonyl (C=O) groups is 1. The van der Waals surface area contributed by atoms with E-state index >= 15 is 0 Å². The fourth-order valence-corrected chi connectivity index (χ4v) is 5.25. The van der Waals surface area contributed by atoms with E-state index in [1.807, 2.05) is 0 Å². The van der Waals surface area contributed by atoms with Crippen LogP contribution in [0.2, 0.25) is 0 Å². The number of thiophene rings is 1. The van der Waals surface area contributed by atoms with Crippen molar-refractivity contribution < 1.29 is 23.0 Å². The molecule has 2 aliphatic heterocycles. The number of hydrogen-bond donors (Lipinski definition) is 1. The van der Waals surface area contributed by atoms with Crippen LogP contribution in [-0.2, 0) is 15.9 Å². The molecular weight excluding hydrogens is 454 g/mol. The Morgan fingerprint density at radius 3 is 2.88 bits per heavy atom. The van der Waals surface area contributed by atoms with Crippen LogP contribution in [-0.4, -0.2) is 50.8 Å². The van der Waals surface area contributed by atoms with Crippen molar-refractivity contribution in [2.75, 3.05) is 31.7 Å². The van der Waals surface area contributed by atoms with Gasteiger partial charge >= 0.3 is 5.97 Å². The van der Waals surface area contributed by atoms with Crippen LogP contribution in [0.5, 0.6) is 0 Å². The molecule has 148 valence electrons. The van der Waals surface area contributed by atoms with E-state index in [9.17, 15) is 13.6 Å². The minimum absolute atomic E-state index is 0. The Hall–Kier alpha value is -0.480. The SMILES string of the molecule is COC(=O)c1sc(Br)c2c1N(C[C@H](N)C1CCCCO1)CC(F)(F)C2.Cl. The quantitative estimate of drug-likeness (QED) is 0.674. The van der Waals surface area contributed by atoms with Gasteiger partial charge in [0, 0.05) is 31.2 Å². The summed E-state index contributed by atoms with van der Waals surface area (Å²) in [5.41, 5.74) is 7.21. The maximum Gasteiger partial charge on any atom is 0.350 e. The lowest BCUT2D eigenvalue weighted by molar-refractivity contribution is -0.00687. The molecule has 1 saturated heterocycles. The molecule has 10 heteroatoms. The first-order chi connectivity index (χ1) is 11.8. The number of nitrogens with two attached hydrogens (primary N) is 1. The van der Waals surface area contributed by atoms with E-state index in [0.29, 0.717) is 26.5 Å². The predicted molar refractivity (Wildman–Crippen MR) is 103 cm³/mol. The van der Waals surface area contributed by atoms with Crippen molar-refractivity contribution in [2.45, 2.75) is 43.8 Å². The third kappa shape index (κ3) is 4.49. The van der Waals surface area contributed by atoms with Crippen LogP contribution < -0.4 is 10.6 Å². The smallest absolute Gasteiger partial charge is 0.350 e. The number of methoxy groups -OCH3 is 1. The highest BCUT2D eigenvalue weighted by Gasteiger charge is 2.43. The average molecular weight is 476 g/mol. The Labute approximate surface area is 169 Å². The first kappa shape index (κ1) is 21.8. The number of ether oxygens (including phenoxy) is 2. The standard InChI is InChI=1S/C16H21BrF2N2O3S.ClH/c1-23-15(22)13-12-9(14(17)25-13)6-16(18,19)8-21(12)7-10(20)11-4-2-3-5-24-11;/h10-11H,2-8,20H2,1H3;1H/t10-,11?;/m0./s1. The Balaban J connectivity index is 0.00000243. The van der Waals surface area contributed by atoms with Gasteiger partial charge in [-0.2, -0.15) is 0 Å². The summed E-state index contributed by atoms with van der Waals surface area (Å²) in [5.74, 6) is -3.40. The summed E-state index contributed by atoms with van der Waals surface area (Å²) in [7, 11) is 1.28. The second-order valence-corrected chi connectivity index (χ2v) is 8.84. The van der Waals surface area contributed by atoms with E-state index in [0.717, 1.165) is 30.6 Å². The zero-order valence-electron chi connectivity index (χ0n) is 14.3. The molecule has 1 aromatic heterocycles. The van der Waals surface area contributed by atoms with Gasteiger partial charge < -0.3 is 20.1 Å². The second-order valence-electron chi connectivity index (χ2n) is 6.51. The van der Waals surface area contributed by atoms with Crippen molar-refractivity contribution in [3.8, 4) is 0 Å². The number of rotatable bonds is 4. The number of anilines is 1. The average Bonchev–Trinajstić information content (AvgIpc) is 2.90. The van der Waals surface area contributed by atoms with Gasteiger partial charge in [-0.3, -0.25) is 0 Å². The highest BCUT2D eigenvalue weighted by atomic mass is 79.9. The summed E-state index contributed by atoms with van der Waals surface area (Å²) in [6.07, 6.45) is 2.31. The van der Waals surface area contributed by atoms with Gasteiger partial charge in [-0.15, -0.1) is 23.7 Å². The van der Waals surface area contributed by atoms with Gasteiger partial charge in [0.15, 0.2) is 0 Å². The largest absolute Gasteiger partial charge is 0.465 e. The van der Waals surface area contributed by atoms with Crippen molar-refractivity contribution in [3.63, 3.8) is 0 Å². The fraction of sp³-hybridized carbons (Fsp3) is 0.688. The van der Waals surface area contributed by atoms with Crippen molar-refractivity contribution in [3.05, 3.63) is 14.2 Å². The number of esters is 1. The molecule has 0 bridgehead atoms. The van der Waals surface area contributed by atoms with E-state index in [4.69, 9.17) is 15.2 Å².